The molecule has 0 radical (unpaired) electrons. The van der Waals surface area contributed by atoms with Gasteiger partial charge in [0.15, 0.2) is 0 Å². The molecular formula is C42H48N2. The van der Waals surface area contributed by atoms with Gasteiger partial charge in [0.25, 0.3) is 0 Å². The predicted molar refractivity (Wildman–Crippen MR) is 192 cm³/mol. The third-order valence-corrected chi connectivity index (χ3v) is 10.1. The van der Waals surface area contributed by atoms with Gasteiger partial charge in [-0.3, -0.25) is 9.97 Å². The number of pyridine rings is 2. The highest BCUT2D eigenvalue weighted by molar-refractivity contribution is 6.20. The first-order valence-electron chi connectivity index (χ1n) is 17.3. The number of benzene rings is 4. The minimum atomic E-state index is 0.713. The minimum absolute atomic E-state index is 0.713. The summed E-state index contributed by atoms with van der Waals surface area (Å²) >= 11 is 0. The molecule has 0 bridgehead atoms. The zero-order valence-electron chi connectivity index (χ0n) is 27.2. The molecule has 4 aromatic carbocycles. The second kappa shape index (κ2) is 13.9. The molecule has 2 aromatic heterocycles. The monoisotopic (exact) mass is 580 g/mol. The Morgan fingerprint density at radius 2 is 1.09 bits per heavy atom. The number of fused-ring (bicyclic) bond motifs is 5. The van der Waals surface area contributed by atoms with E-state index in [9.17, 15) is 0 Å². The first kappa shape index (κ1) is 30.3. The Morgan fingerprint density at radius 3 is 1.66 bits per heavy atom. The topological polar surface area (TPSA) is 25.8 Å². The van der Waals surface area contributed by atoms with Gasteiger partial charge in [0.05, 0.1) is 11.0 Å². The molecule has 0 aliphatic carbocycles. The van der Waals surface area contributed by atoms with Gasteiger partial charge in [0.2, 0.25) is 0 Å². The molecule has 2 nitrogen and oxygen atoms in total. The normalized spacial score (nSPS) is 13.3. The van der Waals surface area contributed by atoms with Crippen molar-refractivity contribution in [2.24, 2.45) is 11.8 Å². The van der Waals surface area contributed by atoms with Crippen LogP contribution in [0.3, 0.4) is 0 Å². The van der Waals surface area contributed by atoms with E-state index >= 15 is 0 Å². The van der Waals surface area contributed by atoms with Gasteiger partial charge < -0.3 is 0 Å². The van der Waals surface area contributed by atoms with Crippen LogP contribution in [0, 0.1) is 11.8 Å². The Hall–Kier alpha value is -3.78. The molecule has 44 heavy (non-hydrogen) atoms. The van der Waals surface area contributed by atoms with Gasteiger partial charge in [-0.2, -0.15) is 0 Å². The van der Waals surface area contributed by atoms with Crippen molar-refractivity contribution in [2.45, 2.75) is 91.9 Å². The molecule has 0 aliphatic heterocycles. The Balaban J connectivity index is 1.66. The van der Waals surface area contributed by atoms with Gasteiger partial charge in [-0.25, -0.2) is 0 Å². The summed E-state index contributed by atoms with van der Waals surface area (Å²) in [5.74, 6) is 1.43. The summed E-state index contributed by atoms with van der Waals surface area (Å²) in [4.78, 5) is 9.65. The van der Waals surface area contributed by atoms with Crippen molar-refractivity contribution in [3.63, 3.8) is 0 Å². The third kappa shape index (κ3) is 5.96. The highest BCUT2D eigenvalue weighted by Gasteiger charge is 2.20. The summed E-state index contributed by atoms with van der Waals surface area (Å²) in [7, 11) is 0. The molecule has 2 atom stereocenters. The van der Waals surface area contributed by atoms with E-state index < -0.39 is 0 Å². The quantitative estimate of drug-likeness (QED) is 0.100. The van der Waals surface area contributed by atoms with E-state index in [-0.39, 0.29) is 0 Å². The molecule has 2 heterocycles. The number of nitrogens with zero attached hydrogens (tertiary/aromatic N) is 2. The van der Waals surface area contributed by atoms with Crippen molar-refractivity contribution in [3.05, 3.63) is 96.3 Å². The fourth-order valence-electron chi connectivity index (χ4n) is 7.43. The van der Waals surface area contributed by atoms with Crippen LogP contribution in [0.15, 0.2) is 85.2 Å². The smallest absolute Gasteiger partial charge is 0.0970 e. The first-order chi connectivity index (χ1) is 21.7. The van der Waals surface area contributed by atoms with E-state index in [1.165, 1.54) is 101 Å². The van der Waals surface area contributed by atoms with Gasteiger partial charge in [-0.1, -0.05) is 128 Å². The average molecular weight is 581 g/mol. The molecule has 0 N–H and O–H groups in total. The standard InChI is InChI=1S/C42H48N2/c1-5-9-15-29(7-3)25-31-17-11-20-34-37(31)28-38-32(26-30(8-4)16-10-6-2)18-12-21-35(38)40(34)39-27-33-19-13-23-43-41(33)42-36(39)22-14-24-44-42/h11-14,17-24,27-30H,5-10,15-16,25-26H2,1-4H3. The number of aromatic nitrogens is 2. The van der Waals surface area contributed by atoms with Gasteiger partial charge in [-0.15, -0.1) is 0 Å². The molecule has 0 amide bonds. The lowest BCUT2D eigenvalue weighted by Gasteiger charge is -2.21. The van der Waals surface area contributed by atoms with Crippen LogP contribution in [0.5, 0.6) is 0 Å². The van der Waals surface area contributed by atoms with Gasteiger partial charge in [-0.05, 0) is 92.7 Å². The van der Waals surface area contributed by atoms with Crippen LogP contribution in [-0.4, -0.2) is 9.97 Å². The SMILES string of the molecule is CCCCC(CC)Cc1cccc2c(-c3cc4cccnc4c4ncccc34)c3cccc(CC(CC)CCCC)c3cc12. The lowest BCUT2D eigenvalue weighted by Crippen LogP contribution is -2.05. The molecule has 0 saturated carbocycles. The second-order valence-electron chi connectivity index (χ2n) is 12.9. The summed E-state index contributed by atoms with van der Waals surface area (Å²) in [5, 5.41) is 7.85. The van der Waals surface area contributed by atoms with Crippen molar-refractivity contribution in [3.8, 4) is 11.1 Å². The van der Waals surface area contributed by atoms with E-state index in [2.05, 4.69) is 94.4 Å². The Morgan fingerprint density at radius 1 is 0.545 bits per heavy atom. The Kier molecular flexibility index (Phi) is 9.55. The maximum atomic E-state index is 4.89. The zero-order chi connectivity index (χ0) is 30.5. The molecule has 0 fully saturated rings. The third-order valence-electron chi connectivity index (χ3n) is 10.1. The van der Waals surface area contributed by atoms with E-state index in [0.29, 0.717) is 11.8 Å². The van der Waals surface area contributed by atoms with Gasteiger partial charge in [0.1, 0.15) is 0 Å². The highest BCUT2D eigenvalue weighted by Crippen LogP contribution is 2.43. The summed E-state index contributed by atoms with van der Waals surface area (Å²) in [5.41, 5.74) is 7.54. The minimum Gasteiger partial charge on any atom is -0.254 e. The molecule has 2 unspecified atom stereocenters. The maximum absolute atomic E-state index is 4.89. The lowest BCUT2D eigenvalue weighted by atomic mass is 9.83. The average Bonchev–Trinajstić information content (AvgIpc) is 3.07. The molecule has 6 aromatic rings. The molecular weight excluding hydrogens is 532 g/mol. The number of unbranched alkanes of at least 4 members (excludes halogenated alkanes) is 2. The summed E-state index contributed by atoms with van der Waals surface area (Å²) in [6.45, 7) is 9.36. The number of rotatable bonds is 13. The van der Waals surface area contributed by atoms with E-state index in [0.717, 1.165) is 29.3 Å². The number of hydrogen-bond acceptors (Lipinski definition) is 2. The van der Waals surface area contributed by atoms with E-state index in [1.54, 1.807) is 0 Å². The van der Waals surface area contributed by atoms with Crippen molar-refractivity contribution in [1.29, 1.82) is 0 Å². The van der Waals surface area contributed by atoms with Crippen LogP contribution in [0.4, 0.5) is 0 Å². The van der Waals surface area contributed by atoms with Crippen LogP contribution >= 0.6 is 0 Å². The largest absolute Gasteiger partial charge is 0.254 e. The molecule has 6 rings (SSSR count). The summed E-state index contributed by atoms with van der Waals surface area (Å²) < 4.78 is 0. The van der Waals surface area contributed by atoms with Crippen LogP contribution in [0.25, 0.3) is 54.5 Å². The maximum Gasteiger partial charge on any atom is 0.0970 e. The fourth-order valence-corrected chi connectivity index (χ4v) is 7.43. The van der Waals surface area contributed by atoms with E-state index in [4.69, 9.17) is 9.97 Å². The van der Waals surface area contributed by atoms with Crippen LogP contribution < -0.4 is 0 Å². The molecule has 0 aliphatic rings. The summed E-state index contributed by atoms with van der Waals surface area (Å²) in [6, 6.07) is 27.6. The van der Waals surface area contributed by atoms with Crippen molar-refractivity contribution < 1.29 is 0 Å². The van der Waals surface area contributed by atoms with Gasteiger partial charge in [0, 0.05) is 23.2 Å². The van der Waals surface area contributed by atoms with Crippen molar-refractivity contribution in [1.82, 2.24) is 9.97 Å². The van der Waals surface area contributed by atoms with Crippen LogP contribution in [0.1, 0.15) is 90.2 Å². The Labute approximate surface area is 263 Å². The second-order valence-corrected chi connectivity index (χ2v) is 12.9. The Bertz CT molecular complexity index is 1810. The first-order valence-corrected chi connectivity index (χ1v) is 17.3. The lowest BCUT2D eigenvalue weighted by molar-refractivity contribution is 0.450. The van der Waals surface area contributed by atoms with E-state index in [1.807, 2.05) is 18.5 Å². The fraction of sp³-hybridized carbons (Fsp3) is 0.381. The van der Waals surface area contributed by atoms with Crippen molar-refractivity contribution in [2.75, 3.05) is 0 Å². The molecule has 2 heteroatoms. The van der Waals surface area contributed by atoms with Crippen LogP contribution in [-0.2, 0) is 12.8 Å². The molecule has 226 valence electrons. The van der Waals surface area contributed by atoms with Crippen molar-refractivity contribution >= 4 is 43.4 Å². The molecule has 0 spiro atoms. The zero-order valence-corrected chi connectivity index (χ0v) is 27.2. The predicted octanol–water partition coefficient (Wildman–Crippen LogP) is 12.3. The number of hydrogen-bond donors (Lipinski definition) is 0. The highest BCUT2D eigenvalue weighted by atomic mass is 14.7. The van der Waals surface area contributed by atoms with Crippen LogP contribution in [0.2, 0.25) is 0 Å². The molecule has 0 saturated heterocycles. The summed E-state index contributed by atoms with van der Waals surface area (Å²) in [6.07, 6.45) is 16.3. The van der Waals surface area contributed by atoms with Gasteiger partial charge >= 0.3 is 0 Å².